The van der Waals surface area contributed by atoms with Crippen molar-refractivity contribution in [1.82, 2.24) is 0 Å². The standard InChI is InChI=1S/2C17H19N2.2C13H10.2C5H5.2ClH.2Zr/c2*1-18(2)14-5-7-16-12(10-14)9-13-11-15(19(3)4)6-8-17(13)16;2*1-3-7-12(8-4-1)11-13-9-5-2-6-10-13;2*1-2-4-5-3-1;;;;/h2*5-8,10H,9H2,1-4H3;2*1-10H;2*1-3H,4H2;2*1H;;/q2*-1;;;2*-1;;;2*+2/p-2. The molecule has 0 spiro atoms. The van der Waals surface area contributed by atoms with Crippen LogP contribution in [0.1, 0.15) is 57.3 Å². The van der Waals surface area contributed by atoms with Crippen molar-refractivity contribution in [1.29, 1.82) is 0 Å². The molecule has 0 saturated carbocycles. The first-order chi connectivity index (χ1) is 36.9. The van der Waals surface area contributed by atoms with Gasteiger partial charge in [0.1, 0.15) is 0 Å². The molecule has 4 aliphatic carbocycles. The number of hydrogen-bond acceptors (Lipinski definition) is 4. The Morgan fingerprint density at radius 3 is 0.923 bits per heavy atom. The number of hydrogen-bond donors (Lipinski definition) is 0. The molecule has 0 amide bonds. The van der Waals surface area contributed by atoms with Gasteiger partial charge in [0.05, 0.1) is 0 Å². The summed E-state index contributed by atoms with van der Waals surface area (Å²) in [5, 5.41) is 0. The van der Waals surface area contributed by atoms with Gasteiger partial charge in [-0.05, 0) is 48.2 Å². The number of benzene rings is 8. The maximum atomic E-state index is 3.53. The third kappa shape index (κ3) is 18.0. The van der Waals surface area contributed by atoms with Crippen molar-refractivity contribution in [3.8, 4) is 22.3 Å². The van der Waals surface area contributed by atoms with Crippen molar-refractivity contribution in [2.24, 2.45) is 0 Å². The number of rotatable bonds is 8. The first-order valence-corrected chi connectivity index (χ1v) is 28.2. The Labute approximate surface area is 509 Å². The fraction of sp³-hybridized carbons (Fsp3) is 0.171. The van der Waals surface area contributed by atoms with Crippen LogP contribution in [-0.4, -0.2) is 62.8 Å². The second kappa shape index (κ2) is 32.2. The van der Waals surface area contributed by atoms with Crippen LogP contribution < -0.4 is 44.4 Å². The van der Waals surface area contributed by atoms with E-state index in [1.807, 2.05) is 24.3 Å². The summed E-state index contributed by atoms with van der Waals surface area (Å²) in [6.07, 6.45) is 22.0. The third-order valence-electron chi connectivity index (χ3n) is 12.9. The molecule has 78 heavy (non-hydrogen) atoms. The first kappa shape index (κ1) is 62.8. The average Bonchev–Trinajstić information content (AvgIpc) is 4.37. The number of halogens is 2. The van der Waals surface area contributed by atoms with Crippen molar-refractivity contribution in [2.75, 3.05) is 76.0 Å². The Morgan fingerprint density at radius 1 is 0.372 bits per heavy atom. The molecular formula is C70H68Cl2N4Zr2-2. The van der Waals surface area contributed by atoms with E-state index in [1.165, 1.54) is 133 Å². The van der Waals surface area contributed by atoms with Crippen molar-refractivity contribution in [3.63, 3.8) is 0 Å². The predicted molar refractivity (Wildman–Crippen MR) is 320 cm³/mol. The molecule has 0 atom stereocenters. The van der Waals surface area contributed by atoms with Crippen molar-refractivity contribution < 1.29 is 73.3 Å². The van der Waals surface area contributed by atoms with E-state index in [4.69, 9.17) is 0 Å². The van der Waals surface area contributed by atoms with E-state index in [9.17, 15) is 0 Å². The van der Waals surface area contributed by atoms with Gasteiger partial charge in [0.25, 0.3) is 0 Å². The summed E-state index contributed by atoms with van der Waals surface area (Å²) in [5.41, 5.74) is 21.0. The van der Waals surface area contributed by atoms with Crippen LogP contribution in [0.2, 0.25) is 0 Å². The summed E-state index contributed by atoms with van der Waals surface area (Å²) in [5.74, 6) is 0. The molecule has 0 aliphatic heterocycles. The molecule has 4 aliphatic rings. The minimum absolute atomic E-state index is 0. The maximum absolute atomic E-state index is 3.53. The molecule has 8 heteroatoms. The van der Waals surface area contributed by atoms with E-state index in [2.05, 4.69) is 294 Å². The van der Waals surface area contributed by atoms with Gasteiger partial charge in [-0.25, -0.2) is 24.3 Å². The Hall–Kier alpha value is -5.99. The second-order valence-electron chi connectivity index (χ2n) is 19.3. The van der Waals surface area contributed by atoms with Gasteiger partial charge < -0.3 is 44.4 Å². The van der Waals surface area contributed by atoms with Crippen LogP contribution >= 0.6 is 0 Å². The zero-order valence-electron chi connectivity index (χ0n) is 46.2. The SMILES string of the molecule is CN(C)c1[c-]c2c(cc1)-c1ccc(N(C)C)cc1C2.CN(C)c1[c-]c2c(cc1)-c1ccc(N(C)C)cc1C2.[C-]1=CC=CC1.[C-]1=CC=CC1.[Cl-].[Cl-].[Zr+2]=[C](c1ccccc1)c1ccccc1.[Zr+2]=[C](c1ccccc1)c1ccccc1. The van der Waals surface area contributed by atoms with Gasteiger partial charge >= 0.3 is 198 Å². The third-order valence-corrected chi connectivity index (χ3v) is 15.8. The molecule has 0 saturated heterocycles. The number of fused-ring (bicyclic) bond motifs is 6. The molecule has 0 bridgehead atoms. The summed E-state index contributed by atoms with van der Waals surface area (Å²) >= 11 is 2.92. The Kier molecular flexibility index (Phi) is 25.9. The fourth-order valence-electron chi connectivity index (χ4n) is 8.71. The van der Waals surface area contributed by atoms with Gasteiger partial charge in [-0.15, -0.1) is 47.2 Å². The Balaban J connectivity index is 0.000000180. The first-order valence-electron chi connectivity index (χ1n) is 25.8. The van der Waals surface area contributed by atoms with Gasteiger partial charge in [-0.1, -0.05) is 34.6 Å². The summed E-state index contributed by atoms with van der Waals surface area (Å²) in [4.78, 5) is 8.51. The van der Waals surface area contributed by atoms with Crippen LogP contribution in [0, 0.1) is 24.3 Å². The van der Waals surface area contributed by atoms with Crippen LogP contribution in [0.3, 0.4) is 0 Å². The molecule has 0 radical (unpaired) electrons. The summed E-state index contributed by atoms with van der Waals surface area (Å²) in [6.45, 7) is 0. The van der Waals surface area contributed by atoms with E-state index in [0.717, 1.165) is 37.1 Å². The van der Waals surface area contributed by atoms with Crippen molar-refractivity contribution in [2.45, 2.75) is 25.7 Å². The molecule has 392 valence electrons. The van der Waals surface area contributed by atoms with E-state index < -0.39 is 0 Å². The zero-order valence-corrected chi connectivity index (χ0v) is 52.6. The molecule has 0 N–H and O–H groups in total. The summed E-state index contributed by atoms with van der Waals surface area (Å²) in [6, 6.07) is 71.4. The van der Waals surface area contributed by atoms with Crippen LogP contribution in [0.4, 0.5) is 22.7 Å². The normalized spacial score (nSPS) is 11.6. The van der Waals surface area contributed by atoms with Crippen molar-refractivity contribution in [3.05, 3.63) is 287 Å². The van der Waals surface area contributed by atoms with E-state index in [-0.39, 0.29) is 24.8 Å². The zero-order chi connectivity index (χ0) is 53.8. The minimum atomic E-state index is 0. The van der Waals surface area contributed by atoms with Crippen LogP contribution in [0.15, 0.2) is 218 Å². The van der Waals surface area contributed by atoms with Gasteiger partial charge in [-0.2, -0.15) is 36.4 Å². The monoisotopic (exact) mass is 1210 g/mol. The number of allylic oxidation sites excluding steroid dienone is 8. The van der Waals surface area contributed by atoms with Gasteiger partial charge in [0.2, 0.25) is 0 Å². The molecule has 8 aromatic rings. The number of anilines is 4. The van der Waals surface area contributed by atoms with E-state index >= 15 is 0 Å². The molecule has 0 unspecified atom stereocenters. The predicted octanol–water partition coefficient (Wildman–Crippen LogP) is 8.60. The quantitative estimate of drug-likeness (QED) is 0.142. The van der Waals surface area contributed by atoms with E-state index in [0.29, 0.717) is 0 Å². The average molecular weight is 1220 g/mol. The van der Waals surface area contributed by atoms with Crippen LogP contribution in [-0.2, 0) is 61.3 Å². The molecule has 0 heterocycles. The van der Waals surface area contributed by atoms with Gasteiger partial charge in [0.15, 0.2) is 0 Å². The van der Waals surface area contributed by atoms with Crippen LogP contribution in [0.25, 0.3) is 22.3 Å². The molecular weight excluding hydrogens is 1150 g/mol. The molecule has 0 aromatic heterocycles. The van der Waals surface area contributed by atoms with Gasteiger partial charge in [0, 0.05) is 67.8 Å². The molecule has 4 nitrogen and oxygen atoms in total. The topological polar surface area (TPSA) is 13.0 Å². The molecule has 12 rings (SSSR count). The Bertz CT molecular complexity index is 2860. The summed E-state index contributed by atoms with van der Waals surface area (Å²) < 4.78 is 2.83. The summed E-state index contributed by atoms with van der Waals surface area (Å²) in [7, 11) is 16.6. The number of nitrogens with zero attached hydrogens (tertiary/aromatic N) is 4. The molecule has 8 aromatic carbocycles. The fourth-order valence-corrected chi connectivity index (χ4v) is 10.3. The Morgan fingerprint density at radius 2 is 0.679 bits per heavy atom. The van der Waals surface area contributed by atoms with Crippen molar-refractivity contribution >= 4 is 29.2 Å². The van der Waals surface area contributed by atoms with Gasteiger partial charge in [-0.3, -0.25) is 12.2 Å². The second-order valence-corrected chi connectivity index (χ2v) is 21.8. The van der Waals surface area contributed by atoms with E-state index in [1.54, 1.807) is 0 Å². The molecule has 0 fully saturated rings. The van der Waals surface area contributed by atoms with Crippen LogP contribution in [0.5, 0.6) is 0 Å².